The summed E-state index contributed by atoms with van der Waals surface area (Å²) in [5, 5.41) is 0. The first kappa shape index (κ1) is 11.7. The van der Waals surface area contributed by atoms with Crippen LogP contribution in [0.2, 0.25) is 0 Å². The highest BCUT2D eigenvalue weighted by atomic mass is 79.9. The number of nitrogens with zero attached hydrogens (tertiary/aromatic N) is 2. The van der Waals surface area contributed by atoms with Crippen molar-refractivity contribution in [2.45, 2.75) is 12.8 Å². The average Bonchev–Trinajstić information content (AvgIpc) is 3.17. The zero-order valence-electron chi connectivity index (χ0n) is 9.80. The van der Waals surface area contributed by atoms with E-state index < -0.39 is 0 Å². The first-order chi connectivity index (χ1) is 8.72. The maximum atomic E-state index is 11.8. The van der Waals surface area contributed by atoms with Gasteiger partial charge in [-0.15, -0.1) is 0 Å². The summed E-state index contributed by atoms with van der Waals surface area (Å²) in [5.74, 6) is 1.07. The molecule has 0 unspecified atom stereocenters. The fourth-order valence-electron chi connectivity index (χ4n) is 1.87. The van der Waals surface area contributed by atoms with Gasteiger partial charge in [0.1, 0.15) is 6.67 Å². The lowest BCUT2D eigenvalue weighted by atomic mass is 10.2. The molecule has 1 aliphatic carbocycles. The lowest BCUT2D eigenvalue weighted by Crippen LogP contribution is -2.39. The number of amides is 1. The number of ether oxygens (including phenoxy) is 1. The smallest absolute Gasteiger partial charge is 0.391 e. The number of cyclic esters (lactones) is 1. The van der Waals surface area contributed by atoms with Gasteiger partial charge >= 0.3 is 6.09 Å². The molecular formula is C13H13BrN2O2. The Hall–Kier alpha value is -1.36. The normalized spacial score (nSPS) is 19.5. The van der Waals surface area contributed by atoms with E-state index in [-0.39, 0.29) is 6.09 Å². The molecule has 18 heavy (non-hydrogen) atoms. The van der Waals surface area contributed by atoms with Crippen molar-refractivity contribution in [1.29, 1.82) is 0 Å². The van der Waals surface area contributed by atoms with Gasteiger partial charge in [0.25, 0.3) is 0 Å². The Balaban J connectivity index is 1.72. The summed E-state index contributed by atoms with van der Waals surface area (Å²) in [6.07, 6.45) is 2.15. The van der Waals surface area contributed by atoms with Gasteiger partial charge < -0.3 is 4.74 Å². The van der Waals surface area contributed by atoms with Gasteiger partial charge in [-0.3, -0.25) is 4.90 Å². The zero-order valence-corrected chi connectivity index (χ0v) is 11.4. The summed E-state index contributed by atoms with van der Waals surface area (Å²) < 4.78 is 6.27. The quantitative estimate of drug-likeness (QED) is 0.861. The van der Waals surface area contributed by atoms with Gasteiger partial charge in [0.05, 0.1) is 0 Å². The average molecular weight is 309 g/mol. The van der Waals surface area contributed by atoms with Gasteiger partial charge in [-0.1, -0.05) is 15.9 Å². The van der Waals surface area contributed by atoms with E-state index in [1.165, 1.54) is 12.8 Å². The molecule has 0 N–H and O–H groups in total. The van der Waals surface area contributed by atoms with Crippen molar-refractivity contribution in [3.05, 3.63) is 34.3 Å². The number of aliphatic imine (C=N–C) groups is 1. The predicted molar refractivity (Wildman–Crippen MR) is 71.5 cm³/mol. The van der Waals surface area contributed by atoms with Gasteiger partial charge in [0.15, 0.2) is 0 Å². The number of carbonyl (C=O) groups is 1. The van der Waals surface area contributed by atoms with Crippen LogP contribution in [0, 0.1) is 5.92 Å². The zero-order chi connectivity index (χ0) is 12.5. The number of rotatable bonds is 3. The van der Waals surface area contributed by atoms with Crippen LogP contribution in [-0.4, -0.2) is 30.1 Å². The Morgan fingerprint density at radius 1 is 1.33 bits per heavy atom. The Bertz CT molecular complexity index is 494. The first-order valence-electron chi connectivity index (χ1n) is 5.99. The van der Waals surface area contributed by atoms with E-state index >= 15 is 0 Å². The van der Waals surface area contributed by atoms with Gasteiger partial charge in [0, 0.05) is 16.6 Å². The van der Waals surface area contributed by atoms with E-state index in [2.05, 4.69) is 20.9 Å². The molecule has 1 aromatic rings. The molecule has 1 aromatic carbocycles. The third-order valence-electron chi connectivity index (χ3n) is 3.09. The first-order valence-corrected chi connectivity index (χ1v) is 6.79. The molecule has 1 fully saturated rings. The van der Waals surface area contributed by atoms with E-state index in [0.717, 1.165) is 16.6 Å². The number of carbonyl (C=O) groups excluding carboxylic acids is 1. The Morgan fingerprint density at radius 3 is 2.67 bits per heavy atom. The minimum atomic E-state index is -0.283. The van der Waals surface area contributed by atoms with Gasteiger partial charge in [-0.2, -0.15) is 0 Å². The molecule has 0 bridgehead atoms. The largest absolute Gasteiger partial charge is 0.418 e. The Kier molecular flexibility index (Phi) is 3.07. The monoisotopic (exact) mass is 308 g/mol. The molecule has 0 radical (unpaired) electrons. The molecule has 0 saturated heterocycles. The SMILES string of the molecule is O=C1OC(c2ccc(Br)cc2)=NCN1CC1CC1. The molecule has 1 heterocycles. The number of benzene rings is 1. The van der Waals surface area contributed by atoms with Crippen molar-refractivity contribution in [2.75, 3.05) is 13.2 Å². The topological polar surface area (TPSA) is 41.9 Å². The molecule has 0 spiro atoms. The van der Waals surface area contributed by atoms with Gasteiger partial charge in [0.2, 0.25) is 5.90 Å². The third-order valence-corrected chi connectivity index (χ3v) is 3.62. The van der Waals surface area contributed by atoms with Crippen LogP contribution in [-0.2, 0) is 4.74 Å². The van der Waals surface area contributed by atoms with Gasteiger partial charge in [-0.05, 0) is 43.0 Å². The predicted octanol–water partition coefficient (Wildman–Crippen LogP) is 3.02. The summed E-state index contributed by atoms with van der Waals surface area (Å²) in [6, 6.07) is 7.57. The molecule has 3 rings (SSSR count). The van der Waals surface area contributed by atoms with Crippen molar-refractivity contribution in [1.82, 2.24) is 4.90 Å². The highest BCUT2D eigenvalue weighted by molar-refractivity contribution is 9.10. The molecule has 1 amide bonds. The maximum absolute atomic E-state index is 11.8. The lowest BCUT2D eigenvalue weighted by Gasteiger charge is -2.24. The van der Waals surface area contributed by atoms with E-state index in [1.54, 1.807) is 4.90 Å². The van der Waals surface area contributed by atoms with Crippen molar-refractivity contribution in [3.63, 3.8) is 0 Å². The van der Waals surface area contributed by atoms with Crippen molar-refractivity contribution < 1.29 is 9.53 Å². The summed E-state index contributed by atoms with van der Waals surface area (Å²) in [7, 11) is 0. The Labute approximate surface area is 114 Å². The Morgan fingerprint density at radius 2 is 2.06 bits per heavy atom. The molecule has 4 nitrogen and oxygen atoms in total. The second-order valence-electron chi connectivity index (χ2n) is 4.65. The summed E-state index contributed by atoms with van der Waals surface area (Å²) in [5.41, 5.74) is 0.831. The summed E-state index contributed by atoms with van der Waals surface area (Å²) in [4.78, 5) is 17.8. The van der Waals surface area contributed by atoms with Crippen molar-refractivity contribution >= 4 is 27.9 Å². The highest BCUT2D eigenvalue weighted by Crippen LogP contribution is 2.30. The number of hydrogen-bond acceptors (Lipinski definition) is 3. The van der Waals surface area contributed by atoms with Crippen LogP contribution in [0.5, 0.6) is 0 Å². The summed E-state index contributed by atoms with van der Waals surface area (Å²) in [6.45, 7) is 1.18. The van der Waals surface area contributed by atoms with Crippen LogP contribution in [0.15, 0.2) is 33.7 Å². The lowest BCUT2D eigenvalue weighted by molar-refractivity contribution is 0.139. The van der Waals surface area contributed by atoms with E-state index in [9.17, 15) is 4.79 Å². The van der Waals surface area contributed by atoms with E-state index in [4.69, 9.17) is 4.74 Å². The fraction of sp³-hybridized carbons (Fsp3) is 0.385. The molecule has 1 saturated carbocycles. The van der Waals surface area contributed by atoms with E-state index in [0.29, 0.717) is 18.5 Å². The van der Waals surface area contributed by atoms with Crippen LogP contribution in [0.4, 0.5) is 4.79 Å². The minimum Gasteiger partial charge on any atom is -0.391 e. The van der Waals surface area contributed by atoms with Crippen LogP contribution >= 0.6 is 15.9 Å². The minimum absolute atomic E-state index is 0.283. The molecule has 0 aromatic heterocycles. The third kappa shape index (κ3) is 2.56. The molecule has 1 aliphatic heterocycles. The molecule has 2 aliphatic rings. The van der Waals surface area contributed by atoms with Crippen LogP contribution in [0.1, 0.15) is 18.4 Å². The van der Waals surface area contributed by atoms with Crippen molar-refractivity contribution in [2.24, 2.45) is 10.9 Å². The second kappa shape index (κ2) is 4.72. The molecular weight excluding hydrogens is 296 g/mol. The summed E-state index contributed by atoms with van der Waals surface area (Å²) >= 11 is 3.37. The van der Waals surface area contributed by atoms with Crippen LogP contribution < -0.4 is 0 Å². The van der Waals surface area contributed by atoms with Crippen molar-refractivity contribution in [3.8, 4) is 0 Å². The second-order valence-corrected chi connectivity index (χ2v) is 5.56. The number of halogens is 1. The van der Waals surface area contributed by atoms with Crippen LogP contribution in [0.3, 0.4) is 0 Å². The molecule has 0 atom stereocenters. The highest BCUT2D eigenvalue weighted by Gasteiger charge is 2.30. The number of hydrogen-bond donors (Lipinski definition) is 0. The fourth-order valence-corrected chi connectivity index (χ4v) is 2.14. The maximum Gasteiger partial charge on any atom is 0.418 e. The molecule has 94 valence electrons. The standard InChI is InChI=1S/C13H13BrN2O2/c14-11-5-3-10(4-6-11)12-15-8-16(13(17)18-12)7-9-1-2-9/h3-6,9H,1-2,7-8H2. The van der Waals surface area contributed by atoms with E-state index in [1.807, 2.05) is 24.3 Å². The molecule has 5 heteroatoms. The van der Waals surface area contributed by atoms with Gasteiger partial charge in [-0.25, -0.2) is 9.79 Å². The van der Waals surface area contributed by atoms with Crippen LogP contribution in [0.25, 0.3) is 0 Å².